The minimum atomic E-state index is -0.313. The monoisotopic (exact) mass is 386 g/mol. The van der Waals surface area contributed by atoms with Gasteiger partial charge in [0.15, 0.2) is 0 Å². The van der Waals surface area contributed by atoms with Crippen LogP contribution in [0.3, 0.4) is 0 Å². The van der Waals surface area contributed by atoms with Gasteiger partial charge in [-0.15, -0.1) is 0 Å². The van der Waals surface area contributed by atoms with E-state index in [0.29, 0.717) is 35.9 Å². The van der Waals surface area contributed by atoms with E-state index in [1.165, 1.54) is 6.42 Å². The SMILES string of the molecule is CC.CCC(=O)[C@@]1(C)[C@H](C)C[C@H]2[C@@H]3CCC4=CCC=C[C@]4(C)[C@H]3[C@@H](O)C[C@@]21C. The molecule has 4 rings (SSSR count). The Morgan fingerprint density at radius 1 is 1.25 bits per heavy atom. The fourth-order valence-electron chi connectivity index (χ4n) is 7.99. The van der Waals surface area contributed by atoms with Crippen LogP contribution in [-0.2, 0) is 4.79 Å². The summed E-state index contributed by atoms with van der Waals surface area (Å²) in [6.45, 7) is 15.2. The molecule has 0 heterocycles. The lowest BCUT2D eigenvalue weighted by molar-refractivity contribution is -0.155. The third-order valence-electron chi connectivity index (χ3n) is 9.62. The van der Waals surface area contributed by atoms with Crippen molar-refractivity contribution in [3.8, 4) is 0 Å². The van der Waals surface area contributed by atoms with Crippen molar-refractivity contribution in [1.29, 1.82) is 0 Å². The summed E-state index contributed by atoms with van der Waals surface area (Å²) in [4.78, 5) is 13.1. The highest BCUT2D eigenvalue weighted by Gasteiger charge is 2.68. The summed E-state index contributed by atoms with van der Waals surface area (Å²) in [7, 11) is 0. The average molecular weight is 387 g/mol. The lowest BCUT2D eigenvalue weighted by Crippen LogP contribution is -2.58. The van der Waals surface area contributed by atoms with Gasteiger partial charge in [-0.05, 0) is 55.3 Å². The zero-order valence-corrected chi connectivity index (χ0v) is 19.2. The van der Waals surface area contributed by atoms with Crippen LogP contribution in [0.25, 0.3) is 0 Å². The first-order chi connectivity index (χ1) is 13.2. The first-order valence-corrected chi connectivity index (χ1v) is 11.8. The van der Waals surface area contributed by atoms with Crippen molar-refractivity contribution in [3.63, 3.8) is 0 Å². The van der Waals surface area contributed by atoms with Gasteiger partial charge in [0.05, 0.1) is 6.10 Å². The summed E-state index contributed by atoms with van der Waals surface area (Å²) >= 11 is 0. The van der Waals surface area contributed by atoms with Gasteiger partial charge >= 0.3 is 0 Å². The molecular formula is C26H42O2. The van der Waals surface area contributed by atoms with E-state index in [0.717, 1.165) is 25.7 Å². The van der Waals surface area contributed by atoms with Gasteiger partial charge in [0.1, 0.15) is 5.78 Å². The van der Waals surface area contributed by atoms with Gasteiger partial charge in [-0.3, -0.25) is 4.79 Å². The minimum Gasteiger partial charge on any atom is -0.393 e. The van der Waals surface area contributed by atoms with Gasteiger partial charge in [-0.1, -0.05) is 72.3 Å². The van der Waals surface area contributed by atoms with Gasteiger partial charge in [0.2, 0.25) is 0 Å². The Morgan fingerprint density at radius 3 is 2.57 bits per heavy atom. The summed E-state index contributed by atoms with van der Waals surface area (Å²) < 4.78 is 0. The number of aliphatic hydroxyl groups is 1. The number of fused-ring (bicyclic) bond motifs is 5. The van der Waals surface area contributed by atoms with E-state index in [9.17, 15) is 9.90 Å². The van der Waals surface area contributed by atoms with E-state index in [4.69, 9.17) is 0 Å². The quantitative estimate of drug-likeness (QED) is 0.562. The van der Waals surface area contributed by atoms with E-state index in [-0.39, 0.29) is 22.3 Å². The number of ketones is 1. The van der Waals surface area contributed by atoms with Crippen molar-refractivity contribution < 1.29 is 9.90 Å². The van der Waals surface area contributed by atoms with E-state index in [1.54, 1.807) is 5.57 Å². The van der Waals surface area contributed by atoms with Crippen molar-refractivity contribution in [3.05, 3.63) is 23.8 Å². The number of rotatable bonds is 2. The number of carbonyl (C=O) groups excluding carboxylic acids is 1. The maximum absolute atomic E-state index is 13.1. The van der Waals surface area contributed by atoms with Crippen LogP contribution in [0.5, 0.6) is 0 Å². The predicted molar refractivity (Wildman–Crippen MR) is 117 cm³/mol. The topological polar surface area (TPSA) is 37.3 Å². The Balaban J connectivity index is 0.00000109. The molecule has 2 heteroatoms. The van der Waals surface area contributed by atoms with E-state index in [1.807, 2.05) is 20.8 Å². The van der Waals surface area contributed by atoms with E-state index in [2.05, 4.69) is 45.9 Å². The zero-order chi connectivity index (χ0) is 20.9. The molecule has 0 unspecified atom stereocenters. The normalized spacial score (nSPS) is 49.1. The molecule has 2 nitrogen and oxygen atoms in total. The molecule has 28 heavy (non-hydrogen) atoms. The fourth-order valence-corrected chi connectivity index (χ4v) is 7.99. The molecule has 0 radical (unpaired) electrons. The summed E-state index contributed by atoms with van der Waals surface area (Å²) in [6, 6.07) is 0. The summed E-state index contributed by atoms with van der Waals surface area (Å²) in [5, 5.41) is 11.4. The molecule has 0 aliphatic heterocycles. The van der Waals surface area contributed by atoms with Crippen molar-refractivity contribution in [2.75, 3.05) is 0 Å². The van der Waals surface area contributed by atoms with Crippen LogP contribution in [0, 0.1) is 39.9 Å². The second-order valence-corrected chi connectivity index (χ2v) is 10.3. The number of hydrogen-bond acceptors (Lipinski definition) is 2. The number of carbonyl (C=O) groups is 1. The van der Waals surface area contributed by atoms with Crippen LogP contribution in [0.15, 0.2) is 23.8 Å². The molecule has 0 aromatic carbocycles. The highest BCUT2D eigenvalue weighted by Crippen LogP contribution is 2.71. The number of hydrogen-bond donors (Lipinski definition) is 1. The molecule has 0 bridgehead atoms. The van der Waals surface area contributed by atoms with Crippen molar-refractivity contribution >= 4 is 5.78 Å². The molecule has 1 N–H and O–H groups in total. The van der Waals surface area contributed by atoms with E-state index >= 15 is 0 Å². The average Bonchev–Trinajstić information content (AvgIpc) is 2.89. The molecule has 0 amide bonds. The highest BCUT2D eigenvalue weighted by molar-refractivity contribution is 5.86. The molecule has 0 spiro atoms. The summed E-state index contributed by atoms with van der Waals surface area (Å²) in [5.41, 5.74) is 1.19. The molecule has 0 saturated heterocycles. The van der Waals surface area contributed by atoms with Crippen LogP contribution in [0.1, 0.15) is 87.0 Å². The first-order valence-electron chi connectivity index (χ1n) is 11.8. The predicted octanol–water partition coefficient (Wildman–Crippen LogP) is 6.34. The Kier molecular flexibility index (Phi) is 5.78. The van der Waals surface area contributed by atoms with Crippen molar-refractivity contribution in [2.45, 2.75) is 93.1 Å². The number of Topliss-reactive ketones (excluding diaryl/α,β-unsaturated/α-hetero) is 1. The Hall–Kier alpha value is -0.890. The Labute approximate surface area is 172 Å². The molecule has 158 valence electrons. The summed E-state index contributed by atoms with van der Waals surface area (Å²) in [6.07, 6.45) is 12.7. The summed E-state index contributed by atoms with van der Waals surface area (Å²) in [5.74, 6) is 2.20. The molecule has 0 aromatic rings. The largest absolute Gasteiger partial charge is 0.393 e. The van der Waals surface area contributed by atoms with Crippen molar-refractivity contribution in [1.82, 2.24) is 0 Å². The standard InChI is InChI=1S/C24H36O2.C2H6/c1-6-20(26)24(5)15(2)13-18-17-11-10-16-9-7-8-12-22(16,3)21(17)19(25)14-23(18,24)4;1-2/h8-9,12,15,17-19,21,25H,6-7,10-11,13-14H2,1-5H3;1-2H3/t15-,17+,18+,19+,21-,22+,23+,24-;/m1./s1. The molecule has 4 aliphatic carbocycles. The molecule has 3 fully saturated rings. The fraction of sp³-hybridized carbons (Fsp3) is 0.808. The molecule has 3 saturated carbocycles. The van der Waals surface area contributed by atoms with E-state index < -0.39 is 0 Å². The first kappa shape index (κ1) is 21.8. The number of allylic oxidation sites excluding steroid dienone is 4. The maximum Gasteiger partial charge on any atom is 0.139 e. The lowest BCUT2D eigenvalue weighted by atomic mass is 9.44. The Bertz CT molecular complexity index is 676. The molecule has 0 aromatic heterocycles. The van der Waals surface area contributed by atoms with Gasteiger partial charge in [-0.2, -0.15) is 0 Å². The molecular weight excluding hydrogens is 344 g/mol. The third-order valence-corrected chi connectivity index (χ3v) is 9.62. The Morgan fingerprint density at radius 2 is 1.93 bits per heavy atom. The second-order valence-electron chi connectivity index (χ2n) is 10.3. The zero-order valence-electron chi connectivity index (χ0n) is 19.2. The van der Waals surface area contributed by atoms with Crippen molar-refractivity contribution in [2.24, 2.45) is 39.9 Å². The second kappa shape index (κ2) is 7.42. The van der Waals surface area contributed by atoms with Crippen LogP contribution >= 0.6 is 0 Å². The van der Waals surface area contributed by atoms with Crippen LogP contribution in [-0.4, -0.2) is 17.0 Å². The molecule has 4 aliphatic rings. The van der Waals surface area contributed by atoms with Crippen LogP contribution in [0.4, 0.5) is 0 Å². The lowest BCUT2D eigenvalue weighted by Gasteiger charge is -2.60. The van der Waals surface area contributed by atoms with Gasteiger partial charge in [0, 0.05) is 23.2 Å². The van der Waals surface area contributed by atoms with Crippen LogP contribution < -0.4 is 0 Å². The smallest absolute Gasteiger partial charge is 0.139 e. The van der Waals surface area contributed by atoms with Crippen LogP contribution in [0.2, 0.25) is 0 Å². The third kappa shape index (κ3) is 2.66. The highest BCUT2D eigenvalue weighted by atomic mass is 16.3. The number of aliphatic hydroxyl groups excluding tert-OH is 1. The van der Waals surface area contributed by atoms with Gasteiger partial charge < -0.3 is 5.11 Å². The van der Waals surface area contributed by atoms with Gasteiger partial charge in [-0.25, -0.2) is 0 Å². The maximum atomic E-state index is 13.1. The van der Waals surface area contributed by atoms with Gasteiger partial charge in [0.25, 0.3) is 0 Å². The minimum absolute atomic E-state index is 0.0128. The molecule has 8 atom stereocenters.